The molecule has 1 aliphatic heterocycles. The monoisotopic (exact) mass is 442 g/mol. The van der Waals surface area contributed by atoms with E-state index in [2.05, 4.69) is 64.3 Å². The second-order valence-electron chi connectivity index (χ2n) is 7.61. The molecular weight excluding hydrogens is 404 g/mol. The van der Waals surface area contributed by atoms with E-state index in [1.54, 1.807) is 7.11 Å². The van der Waals surface area contributed by atoms with E-state index in [0.717, 1.165) is 31.6 Å². The molecule has 32 heavy (non-hydrogen) atoms. The van der Waals surface area contributed by atoms with Crippen molar-refractivity contribution < 1.29 is 19.1 Å². The van der Waals surface area contributed by atoms with Gasteiger partial charge in [-0.05, 0) is 50.8 Å². The van der Waals surface area contributed by atoms with Gasteiger partial charge in [0.1, 0.15) is 0 Å². The number of anilines is 1. The van der Waals surface area contributed by atoms with Crippen LogP contribution in [-0.4, -0.2) is 45.8 Å². The topological polar surface area (TPSA) is 76.7 Å². The molecule has 0 atom stereocenters. The fraction of sp³-hybridized carbons (Fsp3) is 0.462. The molecule has 6 heteroatoms. The van der Waals surface area contributed by atoms with Crippen molar-refractivity contribution in [1.29, 1.82) is 0 Å². The van der Waals surface area contributed by atoms with Crippen LogP contribution in [0.25, 0.3) is 0 Å². The summed E-state index contributed by atoms with van der Waals surface area (Å²) in [6.45, 7) is 8.32. The van der Waals surface area contributed by atoms with E-state index < -0.39 is 0 Å². The smallest absolute Gasteiger partial charge is 0.307 e. The Morgan fingerprint density at radius 2 is 1.75 bits per heavy atom. The van der Waals surface area contributed by atoms with Crippen LogP contribution in [0.4, 0.5) is 5.69 Å². The number of aryl methyl sites for hydroxylation is 3. The van der Waals surface area contributed by atoms with Crippen molar-refractivity contribution in [3.8, 4) is 0 Å². The van der Waals surface area contributed by atoms with Gasteiger partial charge in [-0.2, -0.15) is 0 Å². The molecule has 2 aromatic rings. The minimum Gasteiger partial charge on any atom is -0.469 e. The number of rotatable bonds is 6. The Morgan fingerprint density at radius 1 is 1.06 bits per heavy atom. The van der Waals surface area contributed by atoms with Gasteiger partial charge in [0.05, 0.1) is 20.0 Å². The first-order valence-corrected chi connectivity index (χ1v) is 11.1. The number of benzene rings is 2. The minimum absolute atomic E-state index is 0.0716. The van der Waals surface area contributed by atoms with E-state index in [1.807, 2.05) is 19.1 Å². The molecule has 0 radical (unpaired) electrons. The van der Waals surface area contributed by atoms with Crippen LogP contribution in [0.5, 0.6) is 0 Å². The average Bonchev–Trinajstić information content (AvgIpc) is 2.79. The van der Waals surface area contributed by atoms with Gasteiger partial charge in [0, 0.05) is 32.5 Å². The molecule has 0 unspecified atom stereocenters. The number of fused-ring (bicyclic) bond motifs is 1. The summed E-state index contributed by atoms with van der Waals surface area (Å²) in [5.74, 6) is -0.386. The fourth-order valence-corrected chi connectivity index (χ4v) is 3.10. The zero-order valence-corrected chi connectivity index (χ0v) is 20.1. The summed E-state index contributed by atoms with van der Waals surface area (Å²) >= 11 is 0. The van der Waals surface area contributed by atoms with Gasteiger partial charge in [-0.3, -0.25) is 9.59 Å². The highest BCUT2D eigenvalue weighted by Crippen LogP contribution is 2.23. The summed E-state index contributed by atoms with van der Waals surface area (Å²) in [5.41, 5.74) is 6.13. The maximum atomic E-state index is 11.8. The molecular formula is C26H38N2O4. The van der Waals surface area contributed by atoms with Crippen molar-refractivity contribution in [1.82, 2.24) is 5.32 Å². The first-order chi connectivity index (χ1) is 15.4. The molecule has 1 amide bonds. The van der Waals surface area contributed by atoms with Crippen molar-refractivity contribution in [2.45, 2.75) is 46.5 Å². The zero-order chi connectivity index (χ0) is 23.8. The van der Waals surface area contributed by atoms with Gasteiger partial charge in [0.25, 0.3) is 0 Å². The Morgan fingerprint density at radius 3 is 2.31 bits per heavy atom. The van der Waals surface area contributed by atoms with Crippen LogP contribution in [-0.2, 0) is 31.9 Å². The predicted molar refractivity (Wildman–Crippen MR) is 130 cm³/mol. The molecule has 1 heterocycles. The summed E-state index contributed by atoms with van der Waals surface area (Å²) in [7, 11) is 3.02. The maximum absolute atomic E-state index is 11.8. The van der Waals surface area contributed by atoms with Crippen LogP contribution in [0.2, 0.25) is 0 Å². The number of nitrogens with one attached hydrogen (secondary N) is 2. The van der Waals surface area contributed by atoms with Gasteiger partial charge >= 0.3 is 5.97 Å². The third-order valence-electron chi connectivity index (χ3n) is 4.81. The molecule has 0 aliphatic carbocycles. The van der Waals surface area contributed by atoms with Crippen molar-refractivity contribution in [2.24, 2.45) is 0 Å². The normalized spacial score (nSPS) is 11.4. The number of carbonyl (C=O) groups excluding carboxylic acids is 2. The fourth-order valence-electron chi connectivity index (χ4n) is 3.10. The molecule has 176 valence electrons. The highest BCUT2D eigenvalue weighted by Gasteiger charge is 2.10. The Kier molecular flexibility index (Phi) is 13.5. The van der Waals surface area contributed by atoms with Crippen molar-refractivity contribution in [3.63, 3.8) is 0 Å². The van der Waals surface area contributed by atoms with Gasteiger partial charge in [0.15, 0.2) is 0 Å². The first kappa shape index (κ1) is 27.2. The lowest BCUT2D eigenvalue weighted by molar-refractivity contribution is -0.140. The highest BCUT2D eigenvalue weighted by atomic mass is 16.5. The molecule has 0 fully saturated rings. The van der Waals surface area contributed by atoms with Gasteiger partial charge in [-0.15, -0.1) is 0 Å². The number of hydrogen-bond acceptors (Lipinski definition) is 5. The molecule has 0 bridgehead atoms. The Labute approximate surface area is 192 Å². The number of ether oxygens (including phenoxy) is 2. The standard InChI is InChI=1S/C15H20N2O3.C8H10.C3H8O/c1-20-15(19)6-8-17-14(18)10-11-4-5-13-12(9-11)3-2-7-16-13;1-7-4-3-5-8(2)6-7;1-3-4-2/h4-5,9,16H,2-3,6-8,10H2,1H3,(H,17,18);3-6H,1-2H3;3H2,1-2H3. The number of amides is 1. The summed E-state index contributed by atoms with van der Waals surface area (Å²) in [6, 6.07) is 14.5. The molecule has 6 nitrogen and oxygen atoms in total. The van der Waals surface area contributed by atoms with Crippen LogP contribution < -0.4 is 10.6 Å². The lowest BCUT2D eigenvalue weighted by atomic mass is 9.99. The summed E-state index contributed by atoms with van der Waals surface area (Å²) in [6.07, 6.45) is 2.73. The highest BCUT2D eigenvalue weighted by molar-refractivity contribution is 5.79. The number of hydrogen-bond donors (Lipinski definition) is 2. The van der Waals surface area contributed by atoms with Crippen LogP contribution in [0.15, 0.2) is 42.5 Å². The number of methoxy groups -OCH3 is 2. The summed E-state index contributed by atoms with van der Waals surface area (Å²) < 4.78 is 9.06. The van der Waals surface area contributed by atoms with Gasteiger partial charge < -0.3 is 20.1 Å². The average molecular weight is 443 g/mol. The third-order valence-corrected chi connectivity index (χ3v) is 4.81. The maximum Gasteiger partial charge on any atom is 0.307 e. The Hall–Kier alpha value is -2.86. The molecule has 1 aliphatic rings. The Bertz CT molecular complexity index is 817. The number of carbonyl (C=O) groups is 2. The SMILES string of the molecule is CCOC.COC(=O)CCNC(=O)Cc1ccc2c(c1)CCCN2.Cc1cccc(C)c1. The van der Waals surface area contributed by atoms with E-state index in [9.17, 15) is 9.59 Å². The second kappa shape index (κ2) is 15.9. The molecule has 2 aromatic carbocycles. The van der Waals surface area contributed by atoms with Crippen molar-refractivity contribution >= 4 is 17.6 Å². The van der Waals surface area contributed by atoms with Crippen LogP contribution in [0, 0.1) is 13.8 Å². The van der Waals surface area contributed by atoms with Gasteiger partial charge in [-0.1, -0.05) is 47.5 Å². The quantitative estimate of drug-likeness (QED) is 0.655. The van der Waals surface area contributed by atoms with E-state index in [-0.39, 0.29) is 18.3 Å². The summed E-state index contributed by atoms with van der Waals surface area (Å²) in [5, 5.41) is 6.07. The third kappa shape index (κ3) is 11.5. The molecule has 3 rings (SSSR count). The predicted octanol–water partition coefficient (Wildman–Crippen LogP) is 4.22. The van der Waals surface area contributed by atoms with E-state index in [0.29, 0.717) is 13.0 Å². The molecule has 0 aromatic heterocycles. The van der Waals surface area contributed by atoms with Gasteiger partial charge in [0.2, 0.25) is 5.91 Å². The van der Waals surface area contributed by atoms with Crippen molar-refractivity contribution in [2.75, 3.05) is 39.2 Å². The van der Waals surface area contributed by atoms with Crippen LogP contribution in [0.1, 0.15) is 42.0 Å². The molecule has 0 spiro atoms. The van der Waals surface area contributed by atoms with Crippen molar-refractivity contribution in [3.05, 3.63) is 64.7 Å². The minimum atomic E-state index is -0.315. The lowest BCUT2D eigenvalue weighted by Gasteiger charge is -2.18. The Balaban J connectivity index is 0.000000350. The zero-order valence-electron chi connectivity index (χ0n) is 20.1. The molecule has 2 N–H and O–H groups in total. The lowest BCUT2D eigenvalue weighted by Crippen LogP contribution is -2.27. The van der Waals surface area contributed by atoms with E-state index in [4.69, 9.17) is 0 Å². The first-order valence-electron chi connectivity index (χ1n) is 11.1. The molecule has 0 saturated carbocycles. The van der Waals surface area contributed by atoms with Gasteiger partial charge in [-0.25, -0.2) is 0 Å². The largest absolute Gasteiger partial charge is 0.469 e. The number of esters is 1. The van der Waals surface area contributed by atoms with Crippen LogP contribution in [0.3, 0.4) is 0 Å². The van der Waals surface area contributed by atoms with E-state index in [1.165, 1.54) is 29.5 Å². The summed E-state index contributed by atoms with van der Waals surface area (Å²) in [4.78, 5) is 22.7. The van der Waals surface area contributed by atoms with Crippen LogP contribution >= 0.6 is 0 Å². The second-order valence-corrected chi connectivity index (χ2v) is 7.61. The van der Waals surface area contributed by atoms with E-state index >= 15 is 0 Å². The molecule has 0 saturated heterocycles.